The maximum atomic E-state index is 14.5. The Bertz CT molecular complexity index is 1310. The average Bonchev–Trinajstić information content (AvgIpc) is 2.82. The van der Waals surface area contributed by atoms with E-state index in [9.17, 15) is 23.6 Å². The van der Waals surface area contributed by atoms with Gasteiger partial charge in [0, 0.05) is 32.6 Å². The van der Waals surface area contributed by atoms with Crippen LogP contribution in [0, 0.1) is 5.82 Å². The van der Waals surface area contributed by atoms with Crippen LogP contribution in [-0.2, 0) is 11.3 Å². The number of carbonyl (C=O) groups is 2. The highest BCUT2D eigenvalue weighted by molar-refractivity contribution is 5.95. The lowest BCUT2D eigenvalue weighted by Crippen LogP contribution is -2.50. The molecule has 1 fully saturated rings. The number of para-hydroxylation sites is 1. The Morgan fingerprint density at radius 2 is 1.69 bits per heavy atom. The highest BCUT2D eigenvalue weighted by atomic mass is 19.1. The Labute approximate surface area is 182 Å². The summed E-state index contributed by atoms with van der Waals surface area (Å²) < 4.78 is 15.9. The number of fused-ring (bicyclic) bond motifs is 1. The van der Waals surface area contributed by atoms with Gasteiger partial charge in [0.25, 0.3) is 11.5 Å². The van der Waals surface area contributed by atoms with Gasteiger partial charge in [0.2, 0.25) is 5.91 Å². The van der Waals surface area contributed by atoms with E-state index in [-0.39, 0.29) is 18.0 Å². The number of aromatic amines is 1. The SMILES string of the molecule is CCC(=O)N1CCN(C(=O)c2cc(Cn3c(=O)[nH]c(=O)c4ccccc43)ccc2F)CC1. The maximum absolute atomic E-state index is 14.5. The van der Waals surface area contributed by atoms with Crippen LogP contribution in [0.4, 0.5) is 4.39 Å². The predicted octanol–water partition coefficient (Wildman–Crippen LogP) is 1.57. The van der Waals surface area contributed by atoms with Crippen molar-refractivity contribution in [2.45, 2.75) is 19.9 Å². The Hall–Kier alpha value is -3.75. The fourth-order valence-corrected chi connectivity index (χ4v) is 3.97. The summed E-state index contributed by atoms with van der Waals surface area (Å²) in [6, 6.07) is 10.9. The summed E-state index contributed by atoms with van der Waals surface area (Å²) in [6.07, 6.45) is 0.406. The van der Waals surface area contributed by atoms with Crippen molar-refractivity contribution >= 4 is 22.7 Å². The lowest BCUT2D eigenvalue weighted by molar-refractivity contribution is -0.132. The van der Waals surface area contributed by atoms with Gasteiger partial charge < -0.3 is 9.80 Å². The molecule has 0 unspecified atom stereocenters. The molecule has 8 nitrogen and oxygen atoms in total. The standard InChI is InChI=1S/C23H23FN4O4/c1-2-20(29)26-9-11-27(12-10-26)22(31)17-13-15(7-8-18(17)24)14-28-19-6-4-3-5-16(19)21(30)25-23(28)32/h3-8,13H,2,9-12,14H2,1H3,(H,25,30,32). The molecule has 9 heteroatoms. The van der Waals surface area contributed by atoms with Gasteiger partial charge >= 0.3 is 5.69 Å². The van der Waals surface area contributed by atoms with Gasteiger partial charge in [-0.05, 0) is 29.8 Å². The number of hydrogen-bond acceptors (Lipinski definition) is 4. The van der Waals surface area contributed by atoms with Crippen molar-refractivity contribution in [3.8, 4) is 0 Å². The molecule has 0 saturated carbocycles. The number of piperazine rings is 1. The summed E-state index contributed by atoms with van der Waals surface area (Å²) in [6.45, 7) is 3.35. The van der Waals surface area contributed by atoms with Crippen molar-refractivity contribution < 1.29 is 14.0 Å². The zero-order valence-electron chi connectivity index (χ0n) is 17.6. The van der Waals surface area contributed by atoms with E-state index in [1.165, 1.54) is 27.7 Å². The van der Waals surface area contributed by atoms with Gasteiger partial charge in [-0.1, -0.05) is 25.1 Å². The van der Waals surface area contributed by atoms with Crippen LogP contribution in [0.25, 0.3) is 10.9 Å². The third-order valence-corrected chi connectivity index (χ3v) is 5.73. The number of amides is 2. The predicted molar refractivity (Wildman–Crippen MR) is 117 cm³/mol. The van der Waals surface area contributed by atoms with Gasteiger partial charge in [-0.25, -0.2) is 9.18 Å². The largest absolute Gasteiger partial charge is 0.339 e. The number of hydrogen-bond donors (Lipinski definition) is 1. The number of carbonyl (C=O) groups excluding carboxylic acids is 2. The highest BCUT2D eigenvalue weighted by Crippen LogP contribution is 2.17. The summed E-state index contributed by atoms with van der Waals surface area (Å²) in [5.41, 5.74) is -0.135. The van der Waals surface area contributed by atoms with Gasteiger partial charge in [0.15, 0.2) is 0 Å². The zero-order valence-corrected chi connectivity index (χ0v) is 17.6. The average molecular weight is 438 g/mol. The molecule has 3 aromatic rings. The first-order chi connectivity index (χ1) is 15.4. The minimum atomic E-state index is -0.649. The van der Waals surface area contributed by atoms with E-state index in [0.29, 0.717) is 49.1 Å². The van der Waals surface area contributed by atoms with Crippen LogP contribution in [0.15, 0.2) is 52.1 Å². The first-order valence-electron chi connectivity index (χ1n) is 10.5. The Kier molecular flexibility index (Phi) is 5.89. The molecule has 1 aromatic heterocycles. The van der Waals surface area contributed by atoms with Crippen LogP contribution in [0.2, 0.25) is 0 Å². The molecule has 0 radical (unpaired) electrons. The van der Waals surface area contributed by atoms with Crippen molar-refractivity contribution in [3.05, 3.63) is 80.2 Å². The molecule has 0 aliphatic carbocycles. The molecular formula is C23H23FN4O4. The number of H-pyrrole nitrogens is 1. The number of rotatable bonds is 4. The number of benzene rings is 2. The van der Waals surface area contributed by atoms with Gasteiger partial charge in [-0.15, -0.1) is 0 Å². The molecule has 1 aliphatic rings. The summed E-state index contributed by atoms with van der Waals surface area (Å²) >= 11 is 0. The van der Waals surface area contributed by atoms with Crippen LogP contribution in [-0.4, -0.2) is 57.3 Å². The molecular weight excluding hydrogens is 415 g/mol. The molecule has 2 amide bonds. The summed E-state index contributed by atoms with van der Waals surface area (Å²) in [7, 11) is 0. The molecule has 1 saturated heterocycles. The molecule has 0 atom stereocenters. The number of nitrogens with one attached hydrogen (secondary N) is 1. The highest BCUT2D eigenvalue weighted by Gasteiger charge is 2.26. The first kappa shape index (κ1) is 21.5. The smallest absolute Gasteiger partial charge is 0.329 e. The minimum absolute atomic E-state index is 0.0313. The maximum Gasteiger partial charge on any atom is 0.329 e. The van der Waals surface area contributed by atoms with E-state index < -0.39 is 23.0 Å². The van der Waals surface area contributed by atoms with Crippen LogP contribution in [0.3, 0.4) is 0 Å². The monoisotopic (exact) mass is 438 g/mol. The molecule has 2 heterocycles. The number of aromatic nitrogens is 2. The Morgan fingerprint density at radius 1 is 1.00 bits per heavy atom. The summed E-state index contributed by atoms with van der Waals surface area (Å²) in [5.74, 6) is -1.07. The molecule has 4 rings (SSSR count). The van der Waals surface area contributed by atoms with E-state index in [0.717, 1.165) is 0 Å². The fraction of sp³-hybridized carbons (Fsp3) is 0.304. The lowest BCUT2D eigenvalue weighted by Gasteiger charge is -2.34. The van der Waals surface area contributed by atoms with E-state index in [4.69, 9.17) is 0 Å². The molecule has 2 aromatic carbocycles. The van der Waals surface area contributed by atoms with Crippen LogP contribution in [0.1, 0.15) is 29.3 Å². The summed E-state index contributed by atoms with van der Waals surface area (Å²) in [5, 5.41) is 0.366. The molecule has 32 heavy (non-hydrogen) atoms. The quantitative estimate of drug-likeness (QED) is 0.669. The van der Waals surface area contributed by atoms with Crippen molar-refractivity contribution in [2.24, 2.45) is 0 Å². The Balaban J connectivity index is 1.60. The van der Waals surface area contributed by atoms with Crippen LogP contribution >= 0.6 is 0 Å². The van der Waals surface area contributed by atoms with E-state index >= 15 is 0 Å². The van der Waals surface area contributed by atoms with E-state index in [2.05, 4.69) is 4.98 Å². The molecule has 0 spiro atoms. The lowest BCUT2D eigenvalue weighted by atomic mass is 10.1. The van der Waals surface area contributed by atoms with E-state index in [1.807, 2.05) is 0 Å². The number of nitrogens with zero attached hydrogens (tertiary/aromatic N) is 3. The van der Waals surface area contributed by atoms with Crippen molar-refractivity contribution in [1.82, 2.24) is 19.4 Å². The third-order valence-electron chi connectivity index (χ3n) is 5.73. The van der Waals surface area contributed by atoms with Crippen LogP contribution in [0.5, 0.6) is 0 Å². The van der Waals surface area contributed by atoms with Crippen molar-refractivity contribution in [3.63, 3.8) is 0 Å². The second kappa shape index (κ2) is 8.78. The van der Waals surface area contributed by atoms with Gasteiger partial charge in [-0.2, -0.15) is 0 Å². The minimum Gasteiger partial charge on any atom is -0.339 e. The van der Waals surface area contributed by atoms with Gasteiger partial charge in [-0.3, -0.25) is 23.9 Å². The van der Waals surface area contributed by atoms with E-state index in [1.54, 1.807) is 36.1 Å². The van der Waals surface area contributed by atoms with Gasteiger partial charge in [0.05, 0.1) is 23.0 Å². The Morgan fingerprint density at radius 3 is 2.41 bits per heavy atom. The second-order valence-electron chi connectivity index (χ2n) is 7.70. The fourth-order valence-electron chi connectivity index (χ4n) is 3.97. The third kappa shape index (κ3) is 4.05. The topological polar surface area (TPSA) is 95.5 Å². The van der Waals surface area contributed by atoms with Crippen molar-refractivity contribution in [1.29, 1.82) is 0 Å². The zero-order chi connectivity index (χ0) is 22.8. The number of halogens is 1. The van der Waals surface area contributed by atoms with Gasteiger partial charge in [0.1, 0.15) is 5.82 Å². The van der Waals surface area contributed by atoms with Crippen molar-refractivity contribution in [2.75, 3.05) is 26.2 Å². The normalized spacial score (nSPS) is 14.1. The molecule has 1 aliphatic heterocycles. The van der Waals surface area contributed by atoms with Crippen LogP contribution < -0.4 is 11.2 Å². The summed E-state index contributed by atoms with van der Waals surface area (Å²) in [4.78, 5) is 54.8. The second-order valence-corrected chi connectivity index (χ2v) is 7.70. The molecule has 1 N–H and O–H groups in total. The first-order valence-corrected chi connectivity index (χ1v) is 10.5. The molecule has 166 valence electrons. The molecule has 0 bridgehead atoms.